The highest BCUT2D eigenvalue weighted by Crippen LogP contribution is 2.59. The molecule has 1 saturated carbocycles. The number of epoxide rings is 2. The summed E-state index contributed by atoms with van der Waals surface area (Å²) < 4.78 is 23.8. The summed E-state index contributed by atoms with van der Waals surface area (Å²) in [5.41, 5.74) is 1.27. The molecule has 4 rings (SSSR count). The third-order valence-electron chi connectivity index (χ3n) is 7.02. The fourth-order valence-corrected chi connectivity index (χ4v) is 5.13. The van der Waals surface area contributed by atoms with Gasteiger partial charge in [0.05, 0.1) is 23.6 Å². The lowest BCUT2D eigenvalue weighted by molar-refractivity contribution is -0.384. The number of hydrogen-bond donors (Lipinski definition) is 0. The van der Waals surface area contributed by atoms with Crippen molar-refractivity contribution in [3.8, 4) is 0 Å². The smallest absolute Gasteiger partial charge is 0.331 e. The minimum atomic E-state index is -0.477. The zero-order valence-corrected chi connectivity index (χ0v) is 19.5. The van der Waals surface area contributed by atoms with Crippen LogP contribution in [-0.4, -0.2) is 54.1 Å². The molecule has 0 aromatic heterocycles. The van der Waals surface area contributed by atoms with E-state index in [1.165, 1.54) is 23.8 Å². The Bertz CT molecular complexity index is 961. The Labute approximate surface area is 193 Å². The van der Waals surface area contributed by atoms with E-state index in [9.17, 15) is 14.9 Å². The number of benzene rings is 1. The average Bonchev–Trinajstić information content (AvgIpc) is 3.69. The molecule has 1 spiro atoms. The van der Waals surface area contributed by atoms with Crippen LogP contribution in [0, 0.1) is 16.0 Å². The second-order valence-electron chi connectivity index (χ2n) is 9.53. The normalized spacial score (nSPS) is 34.8. The largest absolute Gasteiger partial charge is 0.456 e. The Kier molecular flexibility index (Phi) is 6.44. The van der Waals surface area contributed by atoms with Gasteiger partial charge in [0, 0.05) is 25.3 Å². The Morgan fingerprint density at radius 3 is 2.58 bits per heavy atom. The van der Waals surface area contributed by atoms with Gasteiger partial charge < -0.3 is 18.9 Å². The van der Waals surface area contributed by atoms with Crippen LogP contribution in [0.2, 0.25) is 0 Å². The minimum absolute atomic E-state index is 0.000756. The van der Waals surface area contributed by atoms with E-state index in [0.29, 0.717) is 18.6 Å². The van der Waals surface area contributed by atoms with Gasteiger partial charge in [-0.3, -0.25) is 10.1 Å². The van der Waals surface area contributed by atoms with Crippen molar-refractivity contribution >= 4 is 17.7 Å². The van der Waals surface area contributed by atoms with E-state index in [2.05, 4.69) is 26.8 Å². The number of hydrogen-bond acceptors (Lipinski definition) is 7. The maximum atomic E-state index is 12.6. The van der Waals surface area contributed by atoms with E-state index in [1.807, 2.05) is 0 Å². The first-order chi connectivity index (χ1) is 15.7. The number of carbonyl (C=O) groups is 1. The zero-order chi connectivity index (χ0) is 23.8. The predicted molar refractivity (Wildman–Crippen MR) is 122 cm³/mol. The molecule has 0 unspecified atom stereocenters. The van der Waals surface area contributed by atoms with E-state index >= 15 is 0 Å². The molecule has 2 aliphatic heterocycles. The van der Waals surface area contributed by atoms with Crippen molar-refractivity contribution in [2.45, 2.75) is 69.5 Å². The highest BCUT2D eigenvalue weighted by molar-refractivity contribution is 5.87. The Morgan fingerprint density at radius 1 is 1.30 bits per heavy atom. The molecule has 3 aliphatic rings. The third-order valence-corrected chi connectivity index (χ3v) is 7.02. The van der Waals surface area contributed by atoms with E-state index in [1.54, 1.807) is 25.3 Å². The molecule has 1 aromatic carbocycles. The van der Waals surface area contributed by atoms with Crippen molar-refractivity contribution in [2.24, 2.45) is 5.92 Å². The number of ether oxygens (including phenoxy) is 4. The standard InChI is InChI=1S/C25H31NO7/c1-16(2)5-11-20-24(3,33-20)23-22(30-4)19(13-14-25(23)15-31-25)32-21(27)12-8-17-6-9-18(10-7-17)26(28)29/h5-10,12,19-20,22-23H,11,13-15H2,1-4H3/b12-8+/t19-,20+,22-,23-,24-,25+/m1/s1. The first-order valence-electron chi connectivity index (χ1n) is 11.3. The van der Waals surface area contributed by atoms with Gasteiger partial charge in [-0.05, 0) is 63.8 Å². The molecule has 8 heteroatoms. The maximum absolute atomic E-state index is 12.6. The molecule has 0 N–H and O–H groups in total. The van der Waals surface area contributed by atoms with Crippen LogP contribution in [0.15, 0.2) is 42.0 Å². The molecule has 0 amide bonds. The van der Waals surface area contributed by atoms with Crippen LogP contribution >= 0.6 is 0 Å². The van der Waals surface area contributed by atoms with Crippen LogP contribution < -0.4 is 0 Å². The molecule has 6 atom stereocenters. The summed E-state index contributed by atoms with van der Waals surface area (Å²) in [4.78, 5) is 22.9. The number of non-ortho nitro benzene ring substituents is 1. The summed E-state index contributed by atoms with van der Waals surface area (Å²) in [5, 5.41) is 10.8. The number of allylic oxidation sites excluding steroid dienone is 1. The maximum Gasteiger partial charge on any atom is 0.331 e. The Morgan fingerprint density at radius 2 is 2.00 bits per heavy atom. The fourth-order valence-electron chi connectivity index (χ4n) is 5.13. The Hall–Kier alpha value is -2.55. The molecular formula is C25H31NO7. The monoisotopic (exact) mass is 457 g/mol. The summed E-state index contributed by atoms with van der Waals surface area (Å²) in [5.74, 6) is -0.509. The molecule has 178 valence electrons. The van der Waals surface area contributed by atoms with Crippen LogP contribution in [0.1, 0.15) is 45.6 Å². The lowest BCUT2D eigenvalue weighted by Gasteiger charge is -2.42. The van der Waals surface area contributed by atoms with Gasteiger partial charge in [0.2, 0.25) is 0 Å². The first-order valence-corrected chi connectivity index (χ1v) is 11.3. The van der Waals surface area contributed by atoms with Crippen molar-refractivity contribution in [1.82, 2.24) is 0 Å². The summed E-state index contributed by atoms with van der Waals surface area (Å²) in [6, 6.07) is 5.97. The van der Waals surface area contributed by atoms with Crippen LogP contribution in [0.4, 0.5) is 5.69 Å². The topological polar surface area (TPSA) is 104 Å². The van der Waals surface area contributed by atoms with Gasteiger partial charge in [0.25, 0.3) is 5.69 Å². The highest BCUT2D eigenvalue weighted by atomic mass is 16.6. The average molecular weight is 458 g/mol. The number of rotatable bonds is 8. The predicted octanol–water partition coefficient (Wildman–Crippen LogP) is 4.23. The zero-order valence-electron chi connectivity index (χ0n) is 19.5. The van der Waals surface area contributed by atoms with Crippen molar-refractivity contribution in [1.29, 1.82) is 0 Å². The van der Waals surface area contributed by atoms with Gasteiger partial charge in [0.15, 0.2) is 0 Å². The summed E-state index contributed by atoms with van der Waals surface area (Å²) in [7, 11) is 1.64. The van der Waals surface area contributed by atoms with E-state index < -0.39 is 17.0 Å². The third kappa shape index (κ3) is 4.88. The van der Waals surface area contributed by atoms with E-state index in [0.717, 1.165) is 12.8 Å². The minimum Gasteiger partial charge on any atom is -0.456 e. The van der Waals surface area contributed by atoms with E-state index in [4.69, 9.17) is 18.9 Å². The van der Waals surface area contributed by atoms with Gasteiger partial charge in [-0.1, -0.05) is 11.6 Å². The van der Waals surface area contributed by atoms with Gasteiger partial charge in [0.1, 0.15) is 23.4 Å². The van der Waals surface area contributed by atoms with Crippen molar-refractivity contribution in [3.05, 3.63) is 57.7 Å². The molecule has 8 nitrogen and oxygen atoms in total. The van der Waals surface area contributed by atoms with Crippen molar-refractivity contribution in [2.75, 3.05) is 13.7 Å². The van der Waals surface area contributed by atoms with Gasteiger partial charge in [-0.2, -0.15) is 0 Å². The van der Waals surface area contributed by atoms with Crippen molar-refractivity contribution < 1.29 is 28.7 Å². The van der Waals surface area contributed by atoms with Gasteiger partial charge >= 0.3 is 5.97 Å². The molecule has 1 aromatic rings. The number of methoxy groups -OCH3 is 1. The number of nitro benzene ring substituents is 1. The van der Waals surface area contributed by atoms with Crippen molar-refractivity contribution in [3.63, 3.8) is 0 Å². The molecule has 2 saturated heterocycles. The molecule has 1 aliphatic carbocycles. The molecule has 2 heterocycles. The van der Waals surface area contributed by atoms with E-state index in [-0.39, 0.29) is 35.0 Å². The number of carbonyl (C=O) groups excluding carboxylic acids is 1. The van der Waals surface area contributed by atoms with Crippen LogP contribution in [-0.2, 0) is 23.7 Å². The molecule has 33 heavy (non-hydrogen) atoms. The lowest BCUT2D eigenvalue weighted by atomic mass is 9.68. The van der Waals surface area contributed by atoms with Crippen LogP contribution in [0.25, 0.3) is 6.08 Å². The number of nitrogens with zero attached hydrogens (tertiary/aromatic N) is 1. The second kappa shape index (κ2) is 9.00. The van der Waals surface area contributed by atoms with Gasteiger partial charge in [-0.25, -0.2) is 4.79 Å². The molecule has 0 bridgehead atoms. The van der Waals surface area contributed by atoms with Gasteiger partial charge in [-0.15, -0.1) is 0 Å². The molecule has 3 fully saturated rings. The first kappa shape index (κ1) is 23.6. The fraction of sp³-hybridized carbons (Fsp3) is 0.560. The summed E-state index contributed by atoms with van der Waals surface area (Å²) in [6.07, 6.45) is 6.73. The quantitative estimate of drug-likeness (QED) is 0.144. The van der Waals surface area contributed by atoms with Crippen LogP contribution in [0.5, 0.6) is 0 Å². The number of nitro groups is 1. The number of esters is 1. The summed E-state index contributed by atoms with van der Waals surface area (Å²) >= 11 is 0. The summed E-state index contributed by atoms with van der Waals surface area (Å²) in [6.45, 7) is 6.93. The lowest BCUT2D eigenvalue weighted by Crippen LogP contribution is -2.55. The molecular weight excluding hydrogens is 426 g/mol. The second-order valence-corrected chi connectivity index (χ2v) is 9.53. The Balaban J connectivity index is 1.43. The molecule has 0 radical (unpaired) electrons. The SMILES string of the molecule is CO[C@@H]1[C@H](OC(=O)/C=C/c2ccc([N+](=O)[O-])cc2)CC[C@]2(CO2)[C@H]1[C@]1(C)O[C@H]1CC=C(C)C. The highest BCUT2D eigenvalue weighted by Gasteiger charge is 2.72. The van der Waals surface area contributed by atoms with Crippen LogP contribution in [0.3, 0.4) is 0 Å².